The summed E-state index contributed by atoms with van der Waals surface area (Å²) in [5.41, 5.74) is 5.86. The number of carbonyl (C=O) groups excluding carboxylic acids is 1. The number of hydrogen-bond donors (Lipinski definition) is 2. The van der Waals surface area contributed by atoms with E-state index in [0.29, 0.717) is 5.56 Å². The van der Waals surface area contributed by atoms with Crippen LogP contribution in [0.15, 0.2) is 35.2 Å². The van der Waals surface area contributed by atoms with Gasteiger partial charge in [0.2, 0.25) is 0 Å². The van der Waals surface area contributed by atoms with Crippen LogP contribution in [0.1, 0.15) is 32.6 Å². The first-order valence-corrected chi connectivity index (χ1v) is 7.02. The van der Waals surface area contributed by atoms with Crippen LogP contribution < -0.4 is 5.32 Å². The third-order valence-electron chi connectivity index (χ3n) is 3.38. The highest BCUT2D eigenvalue weighted by Crippen LogP contribution is 2.23. The van der Waals surface area contributed by atoms with E-state index >= 15 is 0 Å². The van der Waals surface area contributed by atoms with Gasteiger partial charge in [0, 0.05) is 16.1 Å². The molecule has 0 saturated carbocycles. The lowest BCUT2D eigenvalue weighted by Crippen LogP contribution is -2.15. The average Bonchev–Trinajstić information content (AvgIpc) is 2.36. The lowest BCUT2D eigenvalue weighted by atomic mass is 10.0. The standard InChI is InChI=1S/C17H19NOS/c1-10-7-12(3)16(13(4)8-10)18-17(19)15-9-14(20)6-5-11(15)2/h5-9,20H,1-4H3,(H,18,19). The summed E-state index contributed by atoms with van der Waals surface area (Å²) in [6.45, 7) is 8.01. The summed E-state index contributed by atoms with van der Waals surface area (Å²) in [4.78, 5) is 13.2. The second-order valence-electron chi connectivity index (χ2n) is 5.23. The predicted molar refractivity (Wildman–Crippen MR) is 87.0 cm³/mol. The number of amides is 1. The van der Waals surface area contributed by atoms with Crippen LogP contribution in [-0.2, 0) is 0 Å². The number of hydrogen-bond acceptors (Lipinski definition) is 2. The highest BCUT2D eigenvalue weighted by molar-refractivity contribution is 7.80. The second kappa shape index (κ2) is 5.71. The third kappa shape index (κ3) is 3.05. The molecular weight excluding hydrogens is 266 g/mol. The number of thiol groups is 1. The van der Waals surface area contributed by atoms with Crippen LogP contribution in [0.5, 0.6) is 0 Å². The van der Waals surface area contributed by atoms with Gasteiger partial charge in [-0.15, -0.1) is 12.6 Å². The average molecular weight is 285 g/mol. The Balaban J connectivity index is 2.35. The fraction of sp³-hybridized carbons (Fsp3) is 0.235. The Bertz CT molecular complexity index is 654. The second-order valence-corrected chi connectivity index (χ2v) is 5.74. The number of benzene rings is 2. The maximum atomic E-state index is 12.4. The van der Waals surface area contributed by atoms with Crippen LogP contribution in [0.3, 0.4) is 0 Å². The van der Waals surface area contributed by atoms with Crippen molar-refractivity contribution in [2.75, 3.05) is 5.32 Å². The van der Waals surface area contributed by atoms with E-state index in [1.165, 1.54) is 5.56 Å². The molecule has 0 radical (unpaired) electrons. The van der Waals surface area contributed by atoms with Crippen molar-refractivity contribution in [1.29, 1.82) is 0 Å². The van der Waals surface area contributed by atoms with Crippen molar-refractivity contribution in [2.24, 2.45) is 0 Å². The molecule has 2 nitrogen and oxygen atoms in total. The van der Waals surface area contributed by atoms with E-state index in [9.17, 15) is 4.79 Å². The van der Waals surface area contributed by atoms with Crippen LogP contribution in [0.4, 0.5) is 5.69 Å². The molecule has 0 heterocycles. The Morgan fingerprint density at radius 2 is 1.55 bits per heavy atom. The molecule has 1 N–H and O–H groups in total. The Labute approximate surface area is 125 Å². The molecule has 0 aliphatic carbocycles. The summed E-state index contributed by atoms with van der Waals surface area (Å²) >= 11 is 4.30. The summed E-state index contributed by atoms with van der Waals surface area (Å²) in [6.07, 6.45) is 0. The molecule has 0 aliphatic heterocycles. The quantitative estimate of drug-likeness (QED) is 0.784. The Hall–Kier alpha value is -1.74. The number of rotatable bonds is 2. The van der Waals surface area contributed by atoms with E-state index in [1.54, 1.807) is 6.07 Å². The minimum atomic E-state index is -0.0894. The first kappa shape index (κ1) is 14.7. The maximum absolute atomic E-state index is 12.4. The van der Waals surface area contributed by atoms with Gasteiger partial charge in [-0.2, -0.15) is 0 Å². The molecule has 0 aromatic heterocycles. The predicted octanol–water partition coefficient (Wildman–Crippen LogP) is 4.46. The third-order valence-corrected chi connectivity index (χ3v) is 3.66. The highest BCUT2D eigenvalue weighted by atomic mass is 32.1. The molecule has 104 valence electrons. The van der Waals surface area contributed by atoms with Gasteiger partial charge in [-0.1, -0.05) is 23.8 Å². The van der Waals surface area contributed by atoms with Crippen molar-refractivity contribution >= 4 is 24.2 Å². The molecule has 20 heavy (non-hydrogen) atoms. The van der Waals surface area contributed by atoms with E-state index in [2.05, 4.69) is 37.0 Å². The first-order chi connectivity index (χ1) is 9.38. The van der Waals surface area contributed by atoms with Gasteiger partial charge < -0.3 is 5.32 Å². The molecule has 2 aromatic rings. The lowest BCUT2D eigenvalue weighted by Gasteiger charge is -2.14. The number of aryl methyl sites for hydroxylation is 4. The Morgan fingerprint density at radius 1 is 0.950 bits per heavy atom. The minimum absolute atomic E-state index is 0.0894. The van der Waals surface area contributed by atoms with Gasteiger partial charge in [0.15, 0.2) is 0 Å². The molecule has 2 rings (SSSR count). The summed E-state index contributed by atoms with van der Waals surface area (Å²) in [5.74, 6) is -0.0894. The summed E-state index contributed by atoms with van der Waals surface area (Å²) in [6, 6.07) is 9.74. The van der Waals surface area contributed by atoms with Gasteiger partial charge >= 0.3 is 0 Å². The van der Waals surface area contributed by atoms with E-state index in [1.807, 2.05) is 32.9 Å². The van der Waals surface area contributed by atoms with Crippen LogP contribution >= 0.6 is 12.6 Å². The zero-order valence-corrected chi connectivity index (χ0v) is 13.1. The van der Waals surface area contributed by atoms with Crippen molar-refractivity contribution < 1.29 is 4.79 Å². The minimum Gasteiger partial charge on any atom is -0.321 e. The van der Waals surface area contributed by atoms with Gasteiger partial charge in [-0.3, -0.25) is 4.79 Å². The fourth-order valence-electron chi connectivity index (χ4n) is 2.41. The largest absolute Gasteiger partial charge is 0.321 e. The molecule has 0 fully saturated rings. The molecule has 0 bridgehead atoms. The monoisotopic (exact) mass is 285 g/mol. The molecule has 1 amide bonds. The molecule has 0 spiro atoms. The first-order valence-electron chi connectivity index (χ1n) is 6.57. The van der Waals surface area contributed by atoms with E-state index in [4.69, 9.17) is 0 Å². The topological polar surface area (TPSA) is 29.1 Å². The van der Waals surface area contributed by atoms with Crippen molar-refractivity contribution in [1.82, 2.24) is 0 Å². The molecule has 0 aliphatic rings. The number of anilines is 1. The Morgan fingerprint density at radius 3 is 2.15 bits per heavy atom. The summed E-state index contributed by atoms with van der Waals surface area (Å²) < 4.78 is 0. The van der Waals surface area contributed by atoms with Gasteiger partial charge in [0.25, 0.3) is 5.91 Å². The van der Waals surface area contributed by atoms with Gasteiger partial charge in [0.05, 0.1) is 0 Å². The van der Waals surface area contributed by atoms with Gasteiger partial charge in [-0.05, 0) is 56.5 Å². The Kier molecular flexibility index (Phi) is 4.19. The zero-order valence-electron chi connectivity index (χ0n) is 12.2. The van der Waals surface area contributed by atoms with Gasteiger partial charge in [0.1, 0.15) is 0 Å². The molecular formula is C17H19NOS. The van der Waals surface area contributed by atoms with Crippen molar-refractivity contribution in [3.8, 4) is 0 Å². The SMILES string of the molecule is Cc1cc(C)c(NC(=O)c2cc(S)ccc2C)c(C)c1. The number of carbonyl (C=O) groups is 1. The fourth-order valence-corrected chi connectivity index (χ4v) is 2.62. The molecule has 0 unspecified atom stereocenters. The highest BCUT2D eigenvalue weighted by Gasteiger charge is 2.12. The van der Waals surface area contributed by atoms with Crippen molar-refractivity contribution in [3.05, 3.63) is 58.1 Å². The van der Waals surface area contributed by atoms with Crippen LogP contribution in [-0.4, -0.2) is 5.91 Å². The van der Waals surface area contributed by atoms with Gasteiger partial charge in [-0.25, -0.2) is 0 Å². The van der Waals surface area contributed by atoms with E-state index in [0.717, 1.165) is 27.3 Å². The van der Waals surface area contributed by atoms with Crippen LogP contribution in [0, 0.1) is 27.7 Å². The number of nitrogens with one attached hydrogen (secondary N) is 1. The van der Waals surface area contributed by atoms with Crippen LogP contribution in [0.2, 0.25) is 0 Å². The van der Waals surface area contributed by atoms with E-state index in [-0.39, 0.29) is 5.91 Å². The molecule has 0 saturated heterocycles. The molecule has 0 atom stereocenters. The summed E-state index contributed by atoms with van der Waals surface area (Å²) in [5, 5.41) is 3.02. The molecule has 2 aromatic carbocycles. The lowest BCUT2D eigenvalue weighted by molar-refractivity contribution is 0.102. The zero-order chi connectivity index (χ0) is 14.9. The normalized spacial score (nSPS) is 10.4. The smallest absolute Gasteiger partial charge is 0.255 e. The molecule has 3 heteroatoms. The maximum Gasteiger partial charge on any atom is 0.255 e. The van der Waals surface area contributed by atoms with Crippen molar-refractivity contribution in [3.63, 3.8) is 0 Å². The van der Waals surface area contributed by atoms with E-state index < -0.39 is 0 Å². The van der Waals surface area contributed by atoms with Crippen molar-refractivity contribution in [2.45, 2.75) is 32.6 Å². The summed E-state index contributed by atoms with van der Waals surface area (Å²) in [7, 11) is 0. The van der Waals surface area contributed by atoms with Crippen LogP contribution in [0.25, 0.3) is 0 Å².